The highest BCUT2D eigenvalue weighted by Gasteiger charge is 2.16. The van der Waals surface area contributed by atoms with E-state index >= 15 is 0 Å². The minimum Gasteiger partial charge on any atom is -0.382 e. The summed E-state index contributed by atoms with van der Waals surface area (Å²) >= 11 is 12.2. The fraction of sp³-hybridized carbons (Fsp3) is 0.357. The number of halogens is 2. The van der Waals surface area contributed by atoms with Gasteiger partial charge in [0.05, 0.1) is 5.02 Å². The van der Waals surface area contributed by atoms with Gasteiger partial charge in [-0.15, -0.1) is 0 Å². The van der Waals surface area contributed by atoms with Crippen molar-refractivity contribution >= 4 is 29.0 Å². The number of nitrogens with two attached hydrogens (primary N) is 1. The minimum absolute atomic E-state index is 0.475. The molecule has 19 heavy (non-hydrogen) atoms. The lowest BCUT2D eigenvalue weighted by Crippen LogP contribution is -1.96. The zero-order chi connectivity index (χ0) is 14.0. The summed E-state index contributed by atoms with van der Waals surface area (Å²) in [6, 6.07) is 5.41. The molecule has 1 heterocycles. The van der Waals surface area contributed by atoms with Gasteiger partial charge in [0.15, 0.2) is 5.82 Å². The van der Waals surface area contributed by atoms with Gasteiger partial charge < -0.3 is 5.73 Å². The number of H-pyrrole nitrogens is 1. The first-order valence-electron chi connectivity index (χ1n) is 6.27. The lowest BCUT2D eigenvalue weighted by molar-refractivity contribution is 0.581. The maximum Gasteiger partial charge on any atom is 0.153 e. The maximum atomic E-state index is 6.25. The molecule has 0 saturated carbocycles. The van der Waals surface area contributed by atoms with Gasteiger partial charge in [0.25, 0.3) is 0 Å². The monoisotopic (exact) mass is 297 g/mol. The van der Waals surface area contributed by atoms with Gasteiger partial charge in [-0.05, 0) is 30.9 Å². The van der Waals surface area contributed by atoms with Gasteiger partial charge in [-0.2, -0.15) is 5.10 Å². The predicted molar refractivity (Wildman–Crippen MR) is 81.6 cm³/mol. The van der Waals surface area contributed by atoms with E-state index < -0.39 is 0 Å². The molecule has 2 aromatic rings. The second kappa shape index (κ2) is 5.85. The molecule has 5 heteroatoms. The number of nitrogen functional groups attached to an aromatic ring is 1. The van der Waals surface area contributed by atoms with E-state index in [2.05, 4.69) is 24.0 Å². The third-order valence-corrected chi connectivity index (χ3v) is 3.59. The molecule has 0 unspecified atom stereocenters. The Morgan fingerprint density at radius 3 is 2.68 bits per heavy atom. The van der Waals surface area contributed by atoms with Gasteiger partial charge in [0.1, 0.15) is 0 Å². The molecule has 0 amide bonds. The number of aromatic amines is 1. The molecule has 3 nitrogen and oxygen atoms in total. The SMILES string of the molecule is CC(C)CCc1[nH]nc(N)c1-c1ccc(Cl)cc1Cl. The van der Waals surface area contributed by atoms with Crippen LogP contribution < -0.4 is 5.73 Å². The van der Waals surface area contributed by atoms with Crippen molar-refractivity contribution in [1.82, 2.24) is 10.2 Å². The van der Waals surface area contributed by atoms with Crippen LogP contribution in [0.1, 0.15) is 26.0 Å². The summed E-state index contributed by atoms with van der Waals surface area (Å²) in [5.41, 5.74) is 8.74. The molecule has 0 aliphatic rings. The number of aromatic nitrogens is 2. The molecule has 0 radical (unpaired) electrons. The summed E-state index contributed by atoms with van der Waals surface area (Å²) in [6.45, 7) is 4.38. The zero-order valence-corrected chi connectivity index (χ0v) is 12.5. The van der Waals surface area contributed by atoms with Crippen molar-refractivity contribution in [3.63, 3.8) is 0 Å². The van der Waals surface area contributed by atoms with Crippen LogP contribution >= 0.6 is 23.2 Å². The fourth-order valence-electron chi connectivity index (χ4n) is 2.00. The largest absolute Gasteiger partial charge is 0.382 e. The van der Waals surface area contributed by atoms with Crippen LogP contribution in [0, 0.1) is 5.92 Å². The van der Waals surface area contributed by atoms with Crippen LogP contribution in [0.15, 0.2) is 18.2 Å². The molecule has 1 aromatic heterocycles. The molecule has 3 N–H and O–H groups in total. The van der Waals surface area contributed by atoms with E-state index in [0.29, 0.717) is 21.8 Å². The van der Waals surface area contributed by atoms with Crippen LogP contribution in [-0.2, 0) is 6.42 Å². The number of hydrogen-bond acceptors (Lipinski definition) is 2. The fourth-order valence-corrected chi connectivity index (χ4v) is 2.50. The second-order valence-electron chi connectivity index (χ2n) is 5.02. The molecular formula is C14H17Cl2N3. The minimum atomic E-state index is 0.475. The normalized spacial score (nSPS) is 11.2. The lowest BCUT2D eigenvalue weighted by atomic mass is 10.00. The smallest absolute Gasteiger partial charge is 0.153 e. The Morgan fingerprint density at radius 2 is 2.05 bits per heavy atom. The zero-order valence-electron chi connectivity index (χ0n) is 11.0. The van der Waals surface area contributed by atoms with E-state index in [1.807, 2.05) is 6.07 Å². The molecule has 2 rings (SSSR count). The summed E-state index contributed by atoms with van der Waals surface area (Å²) in [7, 11) is 0. The number of anilines is 1. The average Bonchev–Trinajstić information content (AvgIpc) is 2.68. The summed E-state index contributed by atoms with van der Waals surface area (Å²) in [4.78, 5) is 0. The molecule has 0 atom stereocenters. The van der Waals surface area contributed by atoms with Crippen molar-refractivity contribution in [2.45, 2.75) is 26.7 Å². The summed E-state index contributed by atoms with van der Waals surface area (Å²) in [5, 5.41) is 8.30. The van der Waals surface area contributed by atoms with Crippen LogP contribution in [0.3, 0.4) is 0 Å². The molecule has 0 spiro atoms. The summed E-state index contributed by atoms with van der Waals surface area (Å²) in [6.07, 6.45) is 1.97. The summed E-state index contributed by atoms with van der Waals surface area (Å²) < 4.78 is 0. The Bertz CT molecular complexity index is 576. The van der Waals surface area contributed by atoms with Crippen molar-refractivity contribution in [2.75, 3.05) is 5.73 Å². The highest BCUT2D eigenvalue weighted by molar-refractivity contribution is 6.36. The van der Waals surface area contributed by atoms with Gasteiger partial charge in [0.2, 0.25) is 0 Å². The third kappa shape index (κ3) is 3.23. The molecule has 0 fully saturated rings. The molecule has 0 saturated heterocycles. The lowest BCUT2D eigenvalue weighted by Gasteiger charge is -2.08. The Hall–Kier alpha value is -1.19. The van der Waals surface area contributed by atoms with Crippen molar-refractivity contribution in [2.24, 2.45) is 5.92 Å². The predicted octanol–water partition coefficient (Wildman–Crippen LogP) is 4.55. The number of nitrogens with one attached hydrogen (secondary N) is 1. The van der Waals surface area contributed by atoms with Crippen LogP contribution in [0.5, 0.6) is 0 Å². The number of nitrogens with zero attached hydrogens (tertiary/aromatic N) is 1. The van der Waals surface area contributed by atoms with Gasteiger partial charge in [-0.25, -0.2) is 0 Å². The van der Waals surface area contributed by atoms with Crippen LogP contribution in [0.2, 0.25) is 10.0 Å². The van der Waals surface area contributed by atoms with E-state index in [9.17, 15) is 0 Å². The number of hydrogen-bond donors (Lipinski definition) is 2. The van der Waals surface area contributed by atoms with Crippen LogP contribution in [-0.4, -0.2) is 10.2 Å². The Labute approximate surface area is 123 Å². The molecule has 0 aliphatic heterocycles. The molecule has 1 aromatic carbocycles. The standard InChI is InChI=1S/C14H17Cl2N3/c1-8(2)3-6-12-13(14(17)19-18-12)10-5-4-9(15)7-11(10)16/h4-5,7-8H,3,6H2,1-2H3,(H3,17,18,19). The number of aryl methyl sites for hydroxylation is 1. The second-order valence-corrected chi connectivity index (χ2v) is 5.86. The summed E-state index contributed by atoms with van der Waals surface area (Å²) in [5.74, 6) is 1.10. The van der Waals surface area contributed by atoms with Crippen molar-refractivity contribution < 1.29 is 0 Å². The molecule has 0 aliphatic carbocycles. The quantitative estimate of drug-likeness (QED) is 0.869. The third-order valence-electron chi connectivity index (χ3n) is 3.04. The van der Waals surface area contributed by atoms with Gasteiger partial charge in [-0.3, -0.25) is 5.10 Å². The van der Waals surface area contributed by atoms with E-state index in [-0.39, 0.29) is 0 Å². The van der Waals surface area contributed by atoms with Crippen molar-refractivity contribution in [3.05, 3.63) is 33.9 Å². The van der Waals surface area contributed by atoms with Crippen LogP contribution in [0.25, 0.3) is 11.1 Å². The highest BCUT2D eigenvalue weighted by Crippen LogP contribution is 2.35. The number of benzene rings is 1. The molecule has 102 valence electrons. The van der Waals surface area contributed by atoms with Gasteiger partial charge in [0, 0.05) is 21.8 Å². The van der Waals surface area contributed by atoms with Crippen molar-refractivity contribution in [3.8, 4) is 11.1 Å². The van der Waals surface area contributed by atoms with Gasteiger partial charge >= 0.3 is 0 Å². The highest BCUT2D eigenvalue weighted by atomic mass is 35.5. The first-order valence-corrected chi connectivity index (χ1v) is 7.02. The number of rotatable bonds is 4. The Morgan fingerprint density at radius 1 is 1.32 bits per heavy atom. The van der Waals surface area contributed by atoms with E-state index in [1.165, 1.54) is 0 Å². The van der Waals surface area contributed by atoms with E-state index in [1.54, 1.807) is 12.1 Å². The van der Waals surface area contributed by atoms with Gasteiger partial charge in [-0.1, -0.05) is 43.1 Å². The topological polar surface area (TPSA) is 54.7 Å². The average molecular weight is 298 g/mol. The maximum absolute atomic E-state index is 6.25. The van der Waals surface area contributed by atoms with E-state index in [4.69, 9.17) is 28.9 Å². The molecular weight excluding hydrogens is 281 g/mol. The van der Waals surface area contributed by atoms with Crippen LogP contribution in [0.4, 0.5) is 5.82 Å². The first-order chi connectivity index (χ1) is 8.99. The Balaban J connectivity index is 2.40. The molecule has 0 bridgehead atoms. The van der Waals surface area contributed by atoms with Crippen molar-refractivity contribution in [1.29, 1.82) is 0 Å². The first kappa shape index (κ1) is 14.2. The Kier molecular flexibility index (Phi) is 4.38. The van der Waals surface area contributed by atoms with E-state index in [0.717, 1.165) is 29.7 Å².